The Balaban J connectivity index is 1.98. The summed E-state index contributed by atoms with van der Waals surface area (Å²) in [5.41, 5.74) is 0.932. The maximum atomic E-state index is 12.6. The third-order valence-corrected chi connectivity index (χ3v) is 4.36. The molecule has 2 amide bonds. The molecule has 1 heterocycles. The molecule has 0 saturated heterocycles. The second-order valence-corrected chi connectivity index (χ2v) is 5.81. The van der Waals surface area contributed by atoms with E-state index in [4.69, 9.17) is 4.74 Å². The van der Waals surface area contributed by atoms with Gasteiger partial charge in [-0.2, -0.15) is 0 Å². The summed E-state index contributed by atoms with van der Waals surface area (Å²) >= 11 is 3.44. The van der Waals surface area contributed by atoms with Crippen molar-refractivity contribution < 1.29 is 19.1 Å². The molecule has 1 aliphatic rings. The van der Waals surface area contributed by atoms with Gasteiger partial charge in [-0.25, -0.2) is 4.79 Å². The zero-order chi connectivity index (χ0) is 16.6. The topological polar surface area (TPSA) is 63.7 Å². The molecule has 2 aromatic rings. The highest BCUT2D eigenvalue weighted by molar-refractivity contribution is 9.10. The van der Waals surface area contributed by atoms with Gasteiger partial charge in [-0.3, -0.25) is 14.5 Å². The van der Waals surface area contributed by atoms with Crippen LogP contribution in [0.2, 0.25) is 0 Å². The van der Waals surface area contributed by atoms with Gasteiger partial charge >= 0.3 is 5.97 Å². The summed E-state index contributed by atoms with van der Waals surface area (Å²) in [5, 5.41) is 1.47. The molecule has 2 aromatic carbocycles. The molecule has 5 nitrogen and oxygen atoms in total. The van der Waals surface area contributed by atoms with Gasteiger partial charge in [-0.05, 0) is 23.6 Å². The predicted molar refractivity (Wildman–Crippen MR) is 88.2 cm³/mol. The van der Waals surface area contributed by atoms with Gasteiger partial charge in [0.05, 0.1) is 6.54 Å². The fourth-order valence-corrected chi connectivity index (χ4v) is 3.07. The number of rotatable bonds is 4. The fourth-order valence-electron chi connectivity index (χ4n) is 2.61. The van der Waals surface area contributed by atoms with Crippen LogP contribution in [0.4, 0.5) is 0 Å². The molecule has 0 spiro atoms. The van der Waals surface area contributed by atoms with Gasteiger partial charge in [0.2, 0.25) is 0 Å². The van der Waals surface area contributed by atoms with Crippen LogP contribution in [-0.2, 0) is 9.53 Å². The monoisotopic (exact) mass is 373 g/mol. The lowest BCUT2D eigenvalue weighted by Gasteiger charge is -2.27. The molecule has 0 radical (unpaired) electrons. The average Bonchev–Trinajstić information content (AvgIpc) is 2.56. The number of esters is 1. The van der Waals surface area contributed by atoms with Gasteiger partial charge in [-0.1, -0.05) is 34.6 Å². The first-order valence-corrected chi connectivity index (χ1v) is 7.70. The molecule has 0 atom stereocenters. The molecule has 0 N–H and O–H groups in total. The number of nitrogens with zero attached hydrogens (tertiary/aromatic N) is 1. The van der Waals surface area contributed by atoms with Crippen molar-refractivity contribution in [2.24, 2.45) is 0 Å². The van der Waals surface area contributed by atoms with Crippen molar-refractivity contribution in [3.05, 3.63) is 58.6 Å². The van der Waals surface area contributed by atoms with E-state index in [1.807, 2.05) is 6.07 Å². The van der Waals surface area contributed by atoms with Crippen LogP contribution in [-0.4, -0.2) is 35.8 Å². The standard InChI is InChI=1S/C17H12BrNO4/c1-2-14(20)23-9-8-19-16(21)11-5-3-4-10-13(18)7-6-12(15(10)11)17(19)22/h2-7H,1,8-9H2. The van der Waals surface area contributed by atoms with Crippen molar-refractivity contribution in [2.75, 3.05) is 13.2 Å². The zero-order valence-corrected chi connectivity index (χ0v) is 13.6. The van der Waals surface area contributed by atoms with E-state index in [-0.39, 0.29) is 25.0 Å². The lowest BCUT2D eigenvalue weighted by molar-refractivity contribution is -0.137. The maximum absolute atomic E-state index is 12.6. The smallest absolute Gasteiger partial charge is 0.330 e. The summed E-state index contributed by atoms with van der Waals surface area (Å²) in [6.45, 7) is 3.23. The molecule has 23 heavy (non-hydrogen) atoms. The third kappa shape index (κ3) is 2.55. The van der Waals surface area contributed by atoms with Gasteiger partial charge < -0.3 is 4.74 Å². The molecule has 0 unspecified atom stereocenters. The van der Waals surface area contributed by atoms with Gasteiger partial charge in [0.15, 0.2) is 0 Å². The summed E-state index contributed by atoms with van der Waals surface area (Å²) in [6.07, 6.45) is 1.04. The minimum atomic E-state index is -0.590. The van der Waals surface area contributed by atoms with E-state index in [9.17, 15) is 14.4 Å². The number of carbonyl (C=O) groups excluding carboxylic acids is 3. The van der Waals surface area contributed by atoms with E-state index in [0.717, 1.165) is 20.8 Å². The minimum absolute atomic E-state index is 0.00311. The van der Waals surface area contributed by atoms with Crippen molar-refractivity contribution in [1.29, 1.82) is 0 Å². The Morgan fingerprint density at radius 2 is 1.87 bits per heavy atom. The van der Waals surface area contributed by atoms with Crippen molar-refractivity contribution in [3.8, 4) is 0 Å². The Labute approximate surface area is 140 Å². The number of carbonyl (C=O) groups is 3. The molecule has 116 valence electrons. The van der Waals surface area contributed by atoms with Crippen LogP contribution >= 0.6 is 15.9 Å². The highest BCUT2D eigenvalue weighted by atomic mass is 79.9. The Morgan fingerprint density at radius 1 is 1.17 bits per heavy atom. The van der Waals surface area contributed by atoms with Gasteiger partial charge in [0.25, 0.3) is 11.8 Å². The lowest BCUT2D eigenvalue weighted by Crippen LogP contribution is -2.42. The van der Waals surface area contributed by atoms with Gasteiger partial charge in [0.1, 0.15) is 6.61 Å². The Morgan fingerprint density at radius 3 is 2.57 bits per heavy atom. The molecule has 0 saturated carbocycles. The number of hydrogen-bond donors (Lipinski definition) is 0. The first kappa shape index (κ1) is 15.4. The molecule has 0 bridgehead atoms. The van der Waals surface area contributed by atoms with Gasteiger partial charge in [-0.15, -0.1) is 0 Å². The normalized spacial score (nSPS) is 13.3. The summed E-state index contributed by atoms with van der Waals surface area (Å²) < 4.78 is 5.69. The molecule has 6 heteroatoms. The van der Waals surface area contributed by atoms with Crippen LogP contribution < -0.4 is 0 Å². The van der Waals surface area contributed by atoms with Crippen molar-refractivity contribution in [1.82, 2.24) is 4.90 Å². The molecule has 0 aliphatic carbocycles. The zero-order valence-electron chi connectivity index (χ0n) is 12.0. The first-order chi connectivity index (χ1) is 11.0. The number of amides is 2. The fraction of sp³-hybridized carbons (Fsp3) is 0.118. The molecule has 0 fully saturated rings. The summed E-state index contributed by atoms with van der Waals surface area (Å²) in [5.74, 6) is -1.37. The van der Waals surface area contributed by atoms with Crippen LogP contribution in [0.15, 0.2) is 47.5 Å². The second-order valence-electron chi connectivity index (χ2n) is 4.96. The molecular formula is C17H12BrNO4. The Bertz CT molecular complexity index is 837. The highest BCUT2D eigenvalue weighted by Gasteiger charge is 2.32. The molecule has 1 aliphatic heterocycles. The van der Waals surface area contributed by atoms with Gasteiger partial charge in [0, 0.05) is 27.1 Å². The Hall–Kier alpha value is -2.47. The van der Waals surface area contributed by atoms with Crippen LogP contribution in [0.1, 0.15) is 20.7 Å². The predicted octanol–water partition coefficient (Wildman–Crippen LogP) is 2.93. The summed E-state index contributed by atoms with van der Waals surface area (Å²) in [6, 6.07) is 8.79. The number of hydrogen-bond acceptors (Lipinski definition) is 4. The van der Waals surface area contributed by atoms with Crippen LogP contribution in [0.25, 0.3) is 10.8 Å². The van der Waals surface area contributed by atoms with E-state index in [2.05, 4.69) is 22.5 Å². The van der Waals surface area contributed by atoms with Crippen LogP contribution in [0.5, 0.6) is 0 Å². The van der Waals surface area contributed by atoms with E-state index in [1.165, 1.54) is 0 Å². The van der Waals surface area contributed by atoms with E-state index >= 15 is 0 Å². The molecule has 0 aromatic heterocycles. The summed E-state index contributed by atoms with van der Waals surface area (Å²) in [4.78, 5) is 37.4. The van der Waals surface area contributed by atoms with E-state index < -0.39 is 5.97 Å². The van der Waals surface area contributed by atoms with Crippen molar-refractivity contribution >= 4 is 44.5 Å². The quantitative estimate of drug-likeness (QED) is 0.469. The van der Waals surface area contributed by atoms with Crippen molar-refractivity contribution in [2.45, 2.75) is 0 Å². The Kier molecular flexibility index (Phi) is 4.00. The SMILES string of the molecule is C=CC(=O)OCCN1C(=O)c2cccc3c(Br)ccc(c23)C1=O. The molecule has 3 rings (SSSR count). The minimum Gasteiger partial charge on any atom is -0.461 e. The largest absolute Gasteiger partial charge is 0.461 e. The molecular weight excluding hydrogens is 362 g/mol. The van der Waals surface area contributed by atoms with Crippen LogP contribution in [0.3, 0.4) is 0 Å². The number of imide groups is 1. The van der Waals surface area contributed by atoms with Crippen LogP contribution in [0, 0.1) is 0 Å². The second kappa shape index (κ2) is 5.96. The third-order valence-electron chi connectivity index (χ3n) is 3.66. The number of benzene rings is 2. The summed E-state index contributed by atoms with van der Waals surface area (Å²) in [7, 11) is 0. The maximum Gasteiger partial charge on any atom is 0.330 e. The average molecular weight is 374 g/mol. The lowest BCUT2D eigenvalue weighted by atomic mass is 9.94. The number of halogens is 1. The van der Waals surface area contributed by atoms with E-state index in [0.29, 0.717) is 16.5 Å². The first-order valence-electron chi connectivity index (χ1n) is 6.91. The van der Waals surface area contributed by atoms with Crippen molar-refractivity contribution in [3.63, 3.8) is 0 Å². The highest BCUT2D eigenvalue weighted by Crippen LogP contribution is 2.34. The number of ether oxygens (including phenoxy) is 1. The van der Waals surface area contributed by atoms with E-state index in [1.54, 1.807) is 24.3 Å².